The van der Waals surface area contributed by atoms with Gasteiger partial charge in [0.15, 0.2) is 0 Å². The van der Waals surface area contributed by atoms with Crippen molar-refractivity contribution in [3.05, 3.63) is 65.2 Å². The summed E-state index contributed by atoms with van der Waals surface area (Å²) in [4.78, 5) is 27.8. The molecule has 0 radical (unpaired) electrons. The van der Waals surface area contributed by atoms with Crippen LogP contribution in [-0.4, -0.2) is 37.5 Å². The fraction of sp³-hybridized carbons (Fsp3) is 0.481. The zero-order chi connectivity index (χ0) is 22.3. The Morgan fingerprint density at radius 3 is 2.28 bits per heavy atom. The first-order chi connectivity index (χ1) is 15.6. The van der Waals surface area contributed by atoms with E-state index in [1.807, 2.05) is 55.5 Å². The molecule has 1 heterocycles. The highest BCUT2D eigenvalue weighted by atomic mass is 16.2. The number of nitrogens with zero attached hydrogens (tertiary/aromatic N) is 1. The van der Waals surface area contributed by atoms with E-state index in [0.717, 1.165) is 49.3 Å². The molecule has 5 heteroatoms. The van der Waals surface area contributed by atoms with Crippen LogP contribution in [0.2, 0.25) is 0 Å². The lowest BCUT2D eigenvalue weighted by molar-refractivity contribution is 0.0929. The van der Waals surface area contributed by atoms with Crippen LogP contribution in [0.3, 0.4) is 0 Å². The van der Waals surface area contributed by atoms with E-state index in [1.54, 1.807) is 0 Å². The number of amides is 2. The molecular weight excluding hydrogens is 398 g/mol. The van der Waals surface area contributed by atoms with Gasteiger partial charge in [0.05, 0.1) is 5.56 Å². The second-order valence-electron chi connectivity index (χ2n) is 9.33. The van der Waals surface area contributed by atoms with Crippen molar-refractivity contribution in [1.82, 2.24) is 10.6 Å². The Kier molecular flexibility index (Phi) is 7.46. The van der Waals surface area contributed by atoms with Crippen molar-refractivity contribution < 1.29 is 9.59 Å². The highest BCUT2D eigenvalue weighted by molar-refractivity contribution is 5.99. The fourth-order valence-corrected chi connectivity index (χ4v) is 4.90. The maximum atomic E-state index is 12.9. The fourth-order valence-electron chi connectivity index (χ4n) is 4.90. The molecule has 4 rings (SSSR count). The summed E-state index contributed by atoms with van der Waals surface area (Å²) in [5.41, 5.74) is 3.61. The molecule has 2 aromatic rings. The summed E-state index contributed by atoms with van der Waals surface area (Å²) in [5.74, 6) is 0.639. The highest BCUT2D eigenvalue weighted by Crippen LogP contribution is 2.26. The predicted molar refractivity (Wildman–Crippen MR) is 129 cm³/mol. The molecule has 5 nitrogen and oxygen atoms in total. The molecule has 2 aromatic carbocycles. The minimum Gasteiger partial charge on any atom is -0.371 e. The maximum absolute atomic E-state index is 12.9. The second-order valence-corrected chi connectivity index (χ2v) is 9.33. The topological polar surface area (TPSA) is 61.4 Å². The number of piperidine rings is 1. The summed E-state index contributed by atoms with van der Waals surface area (Å²) in [6, 6.07) is 15.8. The van der Waals surface area contributed by atoms with E-state index in [4.69, 9.17) is 0 Å². The van der Waals surface area contributed by atoms with Gasteiger partial charge in [-0.3, -0.25) is 9.59 Å². The van der Waals surface area contributed by atoms with Gasteiger partial charge in [0.2, 0.25) is 0 Å². The van der Waals surface area contributed by atoms with Gasteiger partial charge in [0, 0.05) is 36.9 Å². The summed E-state index contributed by atoms with van der Waals surface area (Å²) in [5, 5.41) is 6.36. The lowest BCUT2D eigenvalue weighted by Crippen LogP contribution is -2.45. The molecule has 2 aliphatic rings. The SMILES string of the molecule is Cc1ccc(C(=O)NC2CCN(c3ccccc3C(=O)NCC3CCCCC3)CC2)cc1. The summed E-state index contributed by atoms with van der Waals surface area (Å²) in [7, 11) is 0. The molecule has 2 N–H and O–H groups in total. The number of nitrogens with one attached hydrogen (secondary N) is 2. The van der Waals surface area contributed by atoms with E-state index in [0.29, 0.717) is 11.5 Å². The highest BCUT2D eigenvalue weighted by Gasteiger charge is 2.24. The van der Waals surface area contributed by atoms with Gasteiger partial charge >= 0.3 is 0 Å². The Bertz CT molecular complexity index is 911. The predicted octanol–water partition coefficient (Wildman–Crippen LogP) is 4.70. The quantitative estimate of drug-likeness (QED) is 0.694. The van der Waals surface area contributed by atoms with Crippen molar-refractivity contribution in [2.24, 2.45) is 5.92 Å². The number of hydrogen-bond donors (Lipinski definition) is 2. The Balaban J connectivity index is 1.31. The number of aryl methyl sites for hydroxylation is 1. The van der Waals surface area contributed by atoms with Crippen LogP contribution in [0.15, 0.2) is 48.5 Å². The molecule has 2 amide bonds. The number of rotatable bonds is 6. The van der Waals surface area contributed by atoms with Crippen molar-refractivity contribution in [3.63, 3.8) is 0 Å². The minimum absolute atomic E-state index is 0.00839. The Labute approximate surface area is 191 Å². The van der Waals surface area contributed by atoms with E-state index >= 15 is 0 Å². The van der Waals surface area contributed by atoms with E-state index in [1.165, 1.54) is 32.1 Å². The van der Waals surface area contributed by atoms with Gasteiger partial charge in [-0.1, -0.05) is 49.1 Å². The summed E-state index contributed by atoms with van der Waals surface area (Å²) in [6.45, 7) is 4.45. The van der Waals surface area contributed by atoms with Crippen molar-refractivity contribution in [1.29, 1.82) is 0 Å². The molecule has 32 heavy (non-hydrogen) atoms. The molecule has 0 spiro atoms. The smallest absolute Gasteiger partial charge is 0.253 e. The number of para-hydroxylation sites is 1. The van der Waals surface area contributed by atoms with E-state index in [2.05, 4.69) is 15.5 Å². The molecule has 1 saturated heterocycles. The zero-order valence-electron chi connectivity index (χ0n) is 19.1. The number of hydrogen-bond acceptors (Lipinski definition) is 3. The molecule has 1 aliphatic carbocycles. The average molecular weight is 434 g/mol. The third-order valence-corrected chi connectivity index (χ3v) is 6.91. The second kappa shape index (κ2) is 10.7. The van der Waals surface area contributed by atoms with Gasteiger partial charge in [-0.25, -0.2) is 0 Å². The molecule has 0 bridgehead atoms. The molecule has 1 saturated carbocycles. The zero-order valence-corrected chi connectivity index (χ0v) is 19.1. The Morgan fingerprint density at radius 2 is 1.56 bits per heavy atom. The Hall–Kier alpha value is -2.82. The number of anilines is 1. The monoisotopic (exact) mass is 433 g/mol. The first-order valence-electron chi connectivity index (χ1n) is 12.1. The van der Waals surface area contributed by atoms with Crippen molar-refractivity contribution in [2.45, 2.75) is 57.9 Å². The number of benzene rings is 2. The molecule has 2 fully saturated rings. The van der Waals surface area contributed by atoms with Crippen LogP contribution in [0.1, 0.15) is 71.2 Å². The van der Waals surface area contributed by atoms with Crippen LogP contribution in [0, 0.1) is 12.8 Å². The first-order valence-corrected chi connectivity index (χ1v) is 12.1. The summed E-state index contributed by atoms with van der Waals surface area (Å²) >= 11 is 0. The standard InChI is InChI=1S/C27H35N3O2/c1-20-11-13-22(14-12-20)26(31)29-23-15-17-30(18-16-23)25-10-6-5-9-24(25)27(32)28-19-21-7-3-2-4-8-21/h5-6,9-14,21,23H,2-4,7-8,15-19H2,1H3,(H,28,32)(H,29,31). The first kappa shape index (κ1) is 22.4. The maximum Gasteiger partial charge on any atom is 0.253 e. The van der Waals surface area contributed by atoms with Crippen molar-refractivity contribution in [3.8, 4) is 0 Å². The van der Waals surface area contributed by atoms with Gasteiger partial charge < -0.3 is 15.5 Å². The van der Waals surface area contributed by atoms with Crippen LogP contribution in [-0.2, 0) is 0 Å². The number of carbonyl (C=O) groups is 2. The molecular formula is C27H35N3O2. The van der Waals surface area contributed by atoms with E-state index in [-0.39, 0.29) is 17.9 Å². The molecule has 170 valence electrons. The number of carbonyl (C=O) groups excluding carboxylic acids is 2. The molecule has 0 atom stereocenters. The molecule has 0 unspecified atom stereocenters. The van der Waals surface area contributed by atoms with Gasteiger partial charge in [-0.05, 0) is 62.8 Å². The summed E-state index contributed by atoms with van der Waals surface area (Å²) in [6.07, 6.45) is 8.09. The Morgan fingerprint density at radius 1 is 0.875 bits per heavy atom. The van der Waals surface area contributed by atoms with E-state index < -0.39 is 0 Å². The van der Waals surface area contributed by atoms with Crippen LogP contribution in [0.5, 0.6) is 0 Å². The van der Waals surface area contributed by atoms with Gasteiger partial charge in [0.1, 0.15) is 0 Å². The van der Waals surface area contributed by atoms with Gasteiger partial charge in [0.25, 0.3) is 11.8 Å². The molecule has 0 aromatic heterocycles. The van der Waals surface area contributed by atoms with Crippen molar-refractivity contribution >= 4 is 17.5 Å². The van der Waals surface area contributed by atoms with Crippen LogP contribution in [0.25, 0.3) is 0 Å². The van der Waals surface area contributed by atoms with Gasteiger partial charge in [-0.15, -0.1) is 0 Å². The average Bonchev–Trinajstić information content (AvgIpc) is 2.84. The van der Waals surface area contributed by atoms with Crippen LogP contribution in [0.4, 0.5) is 5.69 Å². The van der Waals surface area contributed by atoms with E-state index in [9.17, 15) is 9.59 Å². The third-order valence-electron chi connectivity index (χ3n) is 6.91. The largest absolute Gasteiger partial charge is 0.371 e. The minimum atomic E-state index is -0.00839. The third kappa shape index (κ3) is 5.70. The lowest BCUT2D eigenvalue weighted by atomic mass is 9.89. The lowest BCUT2D eigenvalue weighted by Gasteiger charge is -2.35. The van der Waals surface area contributed by atoms with Gasteiger partial charge in [-0.2, -0.15) is 0 Å². The normalized spacial score (nSPS) is 17.7. The summed E-state index contributed by atoms with van der Waals surface area (Å²) < 4.78 is 0. The van der Waals surface area contributed by atoms with Crippen LogP contribution < -0.4 is 15.5 Å². The van der Waals surface area contributed by atoms with Crippen molar-refractivity contribution in [2.75, 3.05) is 24.5 Å². The molecule has 1 aliphatic heterocycles. The van der Waals surface area contributed by atoms with Crippen LogP contribution >= 0.6 is 0 Å².